The van der Waals surface area contributed by atoms with Gasteiger partial charge in [-0.2, -0.15) is 0 Å². The fraction of sp³-hybridized carbons (Fsp3) is 0.200. The number of aromatic nitrogens is 1. The van der Waals surface area contributed by atoms with Crippen molar-refractivity contribution in [2.75, 3.05) is 26.5 Å². The number of hydrogen-bond acceptors (Lipinski definition) is 6. The van der Waals surface area contributed by atoms with Crippen molar-refractivity contribution in [3.8, 4) is 17.2 Å². The first-order valence-electron chi connectivity index (χ1n) is 8.71. The van der Waals surface area contributed by atoms with Gasteiger partial charge in [-0.05, 0) is 60.6 Å². The molecule has 6 nitrogen and oxygen atoms in total. The van der Waals surface area contributed by atoms with Gasteiger partial charge in [0.1, 0.15) is 10.7 Å². The zero-order valence-corrected chi connectivity index (χ0v) is 18.3. The van der Waals surface area contributed by atoms with Crippen molar-refractivity contribution >= 4 is 46.9 Å². The number of nitrogens with zero attached hydrogens (tertiary/aromatic N) is 1. The van der Waals surface area contributed by atoms with E-state index in [2.05, 4.69) is 5.32 Å². The van der Waals surface area contributed by atoms with Crippen LogP contribution in [0.4, 0.5) is 5.82 Å². The number of nitrogen functional groups attached to an aromatic ring is 1. The summed E-state index contributed by atoms with van der Waals surface area (Å²) in [5.41, 5.74) is 7.99. The van der Waals surface area contributed by atoms with Gasteiger partial charge in [0.25, 0.3) is 5.91 Å². The third-order valence-electron chi connectivity index (χ3n) is 4.28. The quantitative estimate of drug-likeness (QED) is 0.519. The first-order chi connectivity index (χ1) is 13.9. The summed E-state index contributed by atoms with van der Waals surface area (Å²) in [6.07, 6.45) is 0.634. The molecular formula is C20H20ClN3O3S2. The number of hydrogen-bond donors (Lipinski definition) is 2. The fourth-order valence-electron chi connectivity index (χ4n) is 2.82. The summed E-state index contributed by atoms with van der Waals surface area (Å²) in [5.74, 6) is 1.37. The van der Waals surface area contributed by atoms with Gasteiger partial charge in [-0.1, -0.05) is 29.0 Å². The molecule has 0 aliphatic rings. The molecular weight excluding hydrogens is 430 g/mol. The normalized spacial score (nSPS) is 10.6. The highest BCUT2D eigenvalue weighted by Crippen LogP contribution is 2.28. The van der Waals surface area contributed by atoms with Crippen molar-refractivity contribution in [1.29, 1.82) is 0 Å². The molecule has 0 bridgehead atoms. The van der Waals surface area contributed by atoms with Gasteiger partial charge in [-0.25, -0.2) is 0 Å². The molecule has 1 amide bonds. The van der Waals surface area contributed by atoms with Gasteiger partial charge in [0, 0.05) is 17.3 Å². The second-order valence-electron chi connectivity index (χ2n) is 6.09. The van der Waals surface area contributed by atoms with Crippen molar-refractivity contribution in [3.05, 3.63) is 61.9 Å². The number of methoxy groups -OCH3 is 2. The van der Waals surface area contributed by atoms with Crippen molar-refractivity contribution < 1.29 is 14.3 Å². The number of nitrogens with one attached hydrogen (secondary N) is 1. The number of carbonyl (C=O) groups is 1. The first-order valence-corrected chi connectivity index (χ1v) is 10.3. The second kappa shape index (κ2) is 9.30. The predicted octanol–water partition coefficient (Wildman–Crippen LogP) is 4.49. The van der Waals surface area contributed by atoms with E-state index in [9.17, 15) is 4.79 Å². The van der Waals surface area contributed by atoms with Crippen LogP contribution < -0.4 is 20.5 Å². The fourth-order valence-corrected chi connectivity index (χ4v) is 4.23. The second-order valence-corrected chi connectivity index (χ2v) is 8.17. The number of halogens is 1. The SMILES string of the molecule is COc1ccc(CCNC(=O)c2sc(=S)n(-c3ccc(Cl)cc3)c2N)cc1OC. The topological polar surface area (TPSA) is 78.5 Å². The minimum atomic E-state index is -0.258. The van der Waals surface area contributed by atoms with E-state index < -0.39 is 0 Å². The minimum absolute atomic E-state index is 0.258. The maximum atomic E-state index is 12.6. The smallest absolute Gasteiger partial charge is 0.265 e. The lowest BCUT2D eigenvalue weighted by Crippen LogP contribution is -2.25. The summed E-state index contributed by atoms with van der Waals surface area (Å²) in [6, 6.07) is 12.8. The molecule has 2 aromatic carbocycles. The third-order valence-corrected chi connectivity index (χ3v) is 5.92. The van der Waals surface area contributed by atoms with Crippen LogP contribution in [0.3, 0.4) is 0 Å². The Morgan fingerprint density at radius 2 is 1.86 bits per heavy atom. The number of ether oxygens (including phenoxy) is 2. The molecule has 0 saturated heterocycles. The summed E-state index contributed by atoms with van der Waals surface area (Å²) >= 11 is 12.5. The molecule has 152 valence electrons. The summed E-state index contributed by atoms with van der Waals surface area (Å²) in [5, 5.41) is 3.51. The molecule has 0 aliphatic carbocycles. The van der Waals surface area contributed by atoms with E-state index in [4.69, 9.17) is 39.0 Å². The van der Waals surface area contributed by atoms with Crippen LogP contribution in [0.5, 0.6) is 11.5 Å². The summed E-state index contributed by atoms with van der Waals surface area (Å²) in [7, 11) is 3.18. The zero-order valence-electron chi connectivity index (χ0n) is 15.9. The Hall–Kier alpha value is -2.55. The highest BCUT2D eigenvalue weighted by molar-refractivity contribution is 7.73. The number of carbonyl (C=O) groups excluding carboxylic acids is 1. The molecule has 3 N–H and O–H groups in total. The number of nitrogens with two attached hydrogens (primary N) is 1. The van der Waals surface area contributed by atoms with Crippen LogP contribution in [0.25, 0.3) is 5.69 Å². The van der Waals surface area contributed by atoms with E-state index in [0.717, 1.165) is 11.3 Å². The minimum Gasteiger partial charge on any atom is -0.493 e. The van der Waals surface area contributed by atoms with Crippen LogP contribution in [-0.2, 0) is 6.42 Å². The van der Waals surface area contributed by atoms with Gasteiger partial charge >= 0.3 is 0 Å². The van der Waals surface area contributed by atoms with Crippen molar-refractivity contribution in [2.24, 2.45) is 0 Å². The van der Waals surface area contributed by atoms with Gasteiger partial charge in [0.15, 0.2) is 15.5 Å². The van der Waals surface area contributed by atoms with Crippen LogP contribution in [0, 0.1) is 3.95 Å². The van der Waals surface area contributed by atoms with Crippen LogP contribution >= 0.6 is 35.2 Å². The Kier molecular flexibility index (Phi) is 6.79. The number of amides is 1. The maximum absolute atomic E-state index is 12.6. The summed E-state index contributed by atoms with van der Waals surface area (Å²) in [6.45, 7) is 0.444. The third kappa shape index (κ3) is 4.72. The average Bonchev–Trinajstić information content (AvgIpc) is 3.02. The molecule has 3 rings (SSSR count). The van der Waals surface area contributed by atoms with Gasteiger partial charge in [-0.15, -0.1) is 0 Å². The van der Waals surface area contributed by atoms with E-state index in [1.807, 2.05) is 18.2 Å². The van der Waals surface area contributed by atoms with E-state index >= 15 is 0 Å². The van der Waals surface area contributed by atoms with Gasteiger partial charge in [-0.3, -0.25) is 9.36 Å². The summed E-state index contributed by atoms with van der Waals surface area (Å²) < 4.78 is 12.7. The maximum Gasteiger partial charge on any atom is 0.265 e. The van der Waals surface area contributed by atoms with Gasteiger partial charge in [0.2, 0.25) is 0 Å². The molecule has 0 fully saturated rings. The van der Waals surface area contributed by atoms with Gasteiger partial charge in [0.05, 0.1) is 14.2 Å². The number of anilines is 1. The highest BCUT2D eigenvalue weighted by atomic mass is 35.5. The lowest BCUT2D eigenvalue weighted by atomic mass is 10.1. The van der Waals surface area contributed by atoms with Gasteiger partial charge < -0.3 is 20.5 Å². The van der Waals surface area contributed by atoms with Crippen LogP contribution in [-0.4, -0.2) is 31.2 Å². The predicted molar refractivity (Wildman–Crippen MR) is 119 cm³/mol. The molecule has 0 spiro atoms. The Morgan fingerprint density at radius 1 is 1.17 bits per heavy atom. The largest absolute Gasteiger partial charge is 0.493 e. The van der Waals surface area contributed by atoms with E-state index in [1.54, 1.807) is 43.1 Å². The molecule has 1 aromatic heterocycles. The van der Waals surface area contributed by atoms with Crippen LogP contribution in [0.15, 0.2) is 42.5 Å². The Bertz CT molecular complexity index is 1080. The van der Waals surface area contributed by atoms with Crippen LogP contribution in [0.1, 0.15) is 15.2 Å². The van der Waals surface area contributed by atoms with E-state index in [1.165, 1.54) is 11.3 Å². The zero-order chi connectivity index (χ0) is 21.0. The monoisotopic (exact) mass is 449 g/mol. The lowest BCUT2D eigenvalue weighted by molar-refractivity contribution is 0.0958. The number of thiazole rings is 1. The standard InChI is InChI=1S/C20H20ClN3O3S2/c1-26-15-8-3-12(11-16(15)27-2)9-10-23-19(25)17-18(22)24(20(28)29-17)14-6-4-13(21)5-7-14/h3-8,11H,9-10,22H2,1-2H3,(H,23,25). The Labute approximate surface area is 182 Å². The molecule has 9 heteroatoms. The average molecular weight is 450 g/mol. The van der Waals surface area contributed by atoms with Crippen molar-refractivity contribution in [2.45, 2.75) is 6.42 Å². The Balaban J connectivity index is 1.70. The van der Waals surface area contributed by atoms with E-state index in [0.29, 0.717) is 44.1 Å². The van der Waals surface area contributed by atoms with Crippen molar-refractivity contribution in [1.82, 2.24) is 9.88 Å². The molecule has 0 saturated carbocycles. The highest BCUT2D eigenvalue weighted by Gasteiger charge is 2.18. The molecule has 29 heavy (non-hydrogen) atoms. The molecule has 0 unspecified atom stereocenters. The summed E-state index contributed by atoms with van der Waals surface area (Å²) in [4.78, 5) is 13.0. The molecule has 3 aromatic rings. The molecule has 0 atom stereocenters. The van der Waals surface area contributed by atoms with E-state index in [-0.39, 0.29) is 5.91 Å². The van der Waals surface area contributed by atoms with Crippen molar-refractivity contribution in [3.63, 3.8) is 0 Å². The number of benzene rings is 2. The number of rotatable bonds is 7. The Morgan fingerprint density at radius 3 is 2.52 bits per heavy atom. The molecule has 1 heterocycles. The van der Waals surface area contributed by atoms with Crippen LogP contribution in [0.2, 0.25) is 5.02 Å². The first kappa shape index (κ1) is 21.2. The lowest BCUT2D eigenvalue weighted by Gasteiger charge is -2.10. The molecule has 0 aliphatic heterocycles. The molecule has 0 radical (unpaired) electrons.